The van der Waals surface area contributed by atoms with Crippen LogP contribution in [0.4, 0.5) is 0 Å². The van der Waals surface area contributed by atoms with Crippen molar-refractivity contribution in [2.24, 2.45) is 11.8 Å². The Labute approximate surface area is 123 Å². The van der Waals surface area contributed by atoms with Crippen molar-refractivity contribution in [3.8, 4) is 11.5 Å². The summed E-state index contributed by atoms with van der Waals surface area (Å²) in [5.74, 6) is 2.86. The molecule has 0 saturated carbocycles. The molecule has 0 heterocycles. The number of nitrogens with one attached hydrogen (secondary N) is 1. The minimum Gasteiger partial charge on any atom is -0.497 e. The first-order valence-corrected chi connectivity index (χ1v) is 7.50. The van der Waals surface area contributed by atoms with E-state index >= 15 is 0 Å². The Kier molecular flexibility index (Phi) is 6.86. The summed E-state index contributed by atoms with van der Waals surface area (Å²) in [5.41, 5.74) is 1.21. The van der Waals surface area contributed by atoms with Crippen molar-refractivity contribution >= 4 is 0 Å². The van der Waals surface area contributed by atoms with Crippen LogP contribution in [0.5, 0.6) is 11.5 Å². The molecule has 0 fully saturated rings. The highest BCUT2D eigenvalue weighted by atomic mass is 16.5. The van der Waals surface area contributed by atoms with Gasteiger partial charge < -0.3 is 14.8 Å². The number of rotatable bonds is 8. The Hall–Kier alpha value is -1.22. The fourth-order valence-electron chi connectivity index (χ4n) is 2.34. The standard InChI is InChI=1S/C17H29NO2/c1-7-10-18-17(13(4)12(2)3)15-9-8-14(19-5)11-16(15)20-6/h8-9,11-13,17-18H,7,10H2,1-6H3. The molecule has 0 spiro atoms. The second-order valence-electron chi connectivity index (χ2n) is 5.64. The smallest absolute Gasteiger partial charge is 0.127 e. The summed E-state index contributed by atoms with van der Waals surface area (Å²) in [6, 6.07) is 6.38. The zero-order valence-electron chi connectivity index (χ0n) is 13.7. The van der Waals surface area contributed by atoms with Gasteiger partial charge >= 0.3 is 0 Å². The fraction of sp³-hybridized carbons (Fsp3) is 0.647. The molecule has 1 aromatic rings. The maximum absolute atomic E-state index is 5.56. The highest BCUT2D eigenvalue weighted by Crippen LogP contribution is 2.35. The van der Waals surface area contributed by atoms with Gasteiger partial charge in [0.15, 0.2) is 0 Å². The largest absolute Gasteiger partial charge is 0.497 e. The molecule has 3 heteroatoms. The van der Waals surface area contributed by atoms with Crippen molar-refractivity contribution in [2.45, 2.75) is 40.2 Å². The number of methoxy groups -OCH3 is 2. The predicted molar refractivity (Wildman–Crippen MR) is 84.6 cm³/mol. The molecule has 20 heavy (non-hydrogen) atoms. The second-order valence-corrected chi connectivity index (χ2v) is 5.64. The van der Waals surface area contributed by atoms with E-state index in [2.05, 4.69) is 39.1 Å². The molecule has 2 atom stereocenters. The van der Waals surface area contributed by atoms with E-state index in [0.717, 1.165) is 24.5 Å². The Balaban J connectivity index is 3.11. The van der Waals surface area contributed by atoms with Gasteiger partial charge in [-0.15, -0.1) is 0 Å². The van der Waals surface area contributed by atoms with E-state index in [1.165, 1.54) is 5.56 Å². The average molecular weight is 279 g/mol. The Morgan fingerprint density at radius 2 is 1.80 bits per heavy atom. The third kappa shape index (κ3) is 4.14. The molecule has 114 valence electrons. The molecule has 1 aromatic carbocycles. The molecule has 0 aliphatic carbocycles. The van der Waals surface area contributed by atoms with Gasteiger partial charge in [-0.3, -0.25) is 0 Å². The van der Waals surface area contributed by atoms with Crippen molar-refractivity contribution in [1.29, 1.82) is 0 Å². The molecule has 3 nitrogen and oxygen atoms in total. The topological polar surface area (TPSA) is 30.5 Å². The quantitative estimate of drug-likeness (QED) is 0.779. The summed E-state index contributed by atoms with van der Waals surface area (Å²) in [6.07, 6.45) is 1.12. The van der Waals surface area contributed by atoms with E-state index in [1.807, 2.05) is 12.1 Å². The van der Waals surface area contributed by atoms with E-state index in [4.69, 9.17) is 9.47 Å². The van der Waals surface area contributed by atoms with E-state index in [-0.39, 0.29) is 0 Å². The molecule has 1 N–H and O–H groups in total. The number of hydrogen-bond donors (Lipinski definition) is 1. The van der Waals surface area contributed by atoms with Crippen LogP contribution < -0.4 is 14.8 Å². The third-order valence-electron chi connectivity index (χ3n) is 3.97. The molecule has 0 aliphatic rings. The Bertz CT molecular complexity index is 404. The van der Waals surface area contributed by atoms with Gasteiger partial charge in [0.1, 0.15) is 11.5 Å². The molecular formula is C17H29NO2. The zero-order valence-corrected chi connectivity index (χ0v) is 13.7. The first-order chi connectivity index (χ1) is 9.54. The van der Waals surface area contributed by atoms with Gasteiger partial charge in [0.25, 0.3) is 0 Å². The van der Waals surface area contributed by atoms with Crippen LogP contribution in [-0.4, -0.2) is 20.8 Å². The van der Waals surface area contributed by atoms with Gasteiger partial charge in [0, 0.05) is 17.7 Å². The molecule has 0 amide bonds. The van der Waals surface area contributed by atoms with Crippen molar-refractivity contribution in [3.63, 3.8) is 0 Å². The van der Waals surface area contributed by atoms with Gasteiger partial charge in [-0.05, 0) is 30.9 Å². The number of hydrogen-bond acceptors (Lipinski definition) is 3. The fourth-order valence-corrected chi connectivity index (χ4v) is 2.34. The van der Waals surface area contributed by atoms with Crippen molar-refractivity contribution < 1.29 is 9.47 Å². The maximum Gasteiger partial charge on any atom is 0.127 e. The minimum atomic E-state index is 0.302. The highest BCUT2D eigenvalue weighted by Gasteiger charge is 2.24. The third-order valence-corrected chi connectivity index (χ3v) is 3.97. The Morgan fingerprint density at radius 3 is 2.30 bits per heavy atom. The average Bonchev–Trinajstić information content (AvgIpc) is 2.47. The summed E-state index contributed by atoms with van der Waals surface area (Å²) in [7, 11) is 3.40. The van der Waals surface area contributed by atoms with E-state index in [1.54, 1.807) is 14.2 Å². The van der Waals surface area contributed by atoms with E-state index in [9.17, 15) is 0 Å². The van der Waals surface area contributed by atoms with E-state index < -0.39 is 0 Å². The van der Waals surface area contributed by atoms with Crippen molar-refractivity contribution in [3.05, 3.63) is 23.8 Å². The van der Waals surface area contributed by atoms with Gasteiger partial charge in [0.2, 0.25) is 0 Å². The van der Waals surface area contributed by atoms with Gasteiger partial charge in [-0.1, -0.05) is 33.8 Å². The maximum atomic E-state index is 5.56. The summed E-state index contributed by atoms with van der Waals surface area (Å²) in [5, 5.41) is 3.66. The van der Waals surface area contributed by atoms with Crippen LogP contribution in [0.1, 0.15) is 45.7 Å². The Morgan fingerprint density at radius 1 is 1.10 bits per heavy atom. The SMILES string of the molecule is CCCNC(c1ccc(OC)cc1OC)C(C)C(C)C. The first kappa shape index (κ1) is 16.8. The molecule has 0 radical (unpaired) electrons. The molecule has 1 rings (SSSR count). The highest BCUT2D eigenvalue weighted by molar-refractivity contribution is 5.42. The summed E-state index contributed by atoms with van der Waals surface area (Å²) >= 11 is 0. The number of ether oxygens (including phenoxy) is 2. The van der Waals surface area contributed by atoms with Crippen LogP contribution in [0.15, 0.2) is 18.2 Å². The molecule has 0 aromatic heterocycles. The monoisotopic (exact) mass is 279 g/mol. The summed E-state index contributed by atoms with van der Waals surface area (Å²) in [4.78, 5) is 0. The number of benzene rings is 1. The normalized spacial score (nSPS) is 14.2. The minimum absolute atomic E-state index is 0.302. The molecule has 0 aliphatic heterocycles. The summed E-state index contributed by atoms with van der Waals surface area (Å²) < 4.78 is 10.8. The molecule has 0 saturated heterocycles. The lowest BCUT2D eigenvalue weighted by molar-refractivity contribution is 0.293. The van der Waals surface area contributed by atoms with Crippen molar-refractivity contribution in [2.75, 3.05) is 20.8 Å². The van der Waals surface area contributed by atoms with Crippen molar-refractivity contribution in [1.82, 2.24) is 5.32 Å². The second kappa shape index (κ2) is 8.15. The summed E-state index contributed by atoms with van der Waals surface area (Å²) in [6.45, 7) is 10.0. The molecular weight excluding hydrogens is 250 g/mol. The predicted octanol–water partition coefficient (Wildman–Crippen LogP) is 4.04. The van der Waals surface area contributed by atoms with Crippen LogP contribution >= 0.6 is 0 Å². The molecule has 0 bridgehead atoms. The molecule has 2 unspecified atom stereocenters. The lowest BCUT2D eigenvalue weighted by atomic mass is 9.85. The van der Waals surface area contributed by atoms with E-state index in [0.29, 0.717) is 17.9 Å². The van der Waals surface area contributed by atoms with Gasteiger partial charge in [0.05, 0.1) is 14.2 Å². The first-order valence-electron chi connectivity index (χ1n) is 7.50. The van der Waals surface area contributed by atoms with Crippen LogP contribution in [0.3, 0.4) is 0 Å². The van der Waals surface area contributed by atoms with Crippen LogP contribution in [0, 0.1) is 11.8 Å². The lowest BCUT2D eigenvalue weighted by Gasteiger charge is -2.29. The zero-order chi connectivity index (χ0) is 15.1. The van der Waals surface area contributed by atoms with Crippen LogP contribution in [-0.2, 0) is 0 Å². The van der Waals surface area contributed by atoms with Gasteiger partial charge in [-0.25, -0.2) is 0 Å². The van der Waals surface area contributed by atoms with Crippen LogP contribution in [0.2, 0.25) is 0 Å². The van der Waals surface area contributed by atoms with Crippen LogP contribution in [0.25, 0.3) is 0 Å². The lowest BCUT2D eigenvalue weighted by Crippen LogP contribution is -2.30. The van der Waals surface area contributed by atoms with Gasteiger partial charge in [-0.2, -0.15) is 0 Å².